The molecule has 5 N–H and O–H groups in total. The number of primary amides is 1. The fraction of sp³-hybridized carbons (Fsp3) is 0.673. The molecule has 0 aliphatic carbocycles. The number of hydrogen-bond acceptors (Lipinski definition) is 10. The van der Waals surface area contributed by atoms with Crippen molar-refractivity contribution in [1.82, 2.24) is 20.0 Å². The van der Waals surface area contributed by atoms with Crippen LogP contribution in [-0.2, 0) is 46.3 Å². The zero-order chi connectivity index (χ0) is 52.2. The molecule has 5 amide bonds. The summed E-state index contributed by atoms with van der Waals surface area (Å²) in [6.45, 7) is 17.3. The zero-order valence-electron chi connectivity index (χ0n) is 44.8. The third-order valence-electron chi connectivity index (χ3n) is 14.6. The highest BCUT2D eigenvalue weighted by Crippen LogP contribution is 2.30. The standard InChI is InChI=1S/C55H89N7O8/c1-14-37(7)50(61(11)54(67)45(35(3)4)33-47(64)49(36(5)6)60(9)10)48(69-12)32-44(63)34-62-31-17-19-46(62)51(70-13)38(8)52(65)58-42-26-22-39(23-27-42)20-21-40-24-28-43(29-25-40)59-53(66)41(15-2)18-16-30-57-55(56)68/h22-29,35-38,41,45-46,48-51H,14-21,30-34H2,1-13H3,(H,58,65)(H,59,66)(H3,56,57,68)/t37-,38+,41-,45+,46-,48+,49?,50-,51+/m0/s1. The number of likely N-dealkylation sites (tertiary alicyclic amines) is 1. The smallest absolute Gasteiger partial charge is 0.312 e. The number of anilines is 2. The molecule has 0 radical (unpaired) electrons. The average molecular weight is 976 g/mol. The van der Waals surface area contributed by atoms with E-state index in [0.29, 0.717) is 38.0 Å². The number of hydrogen-bond donors (Lipinski definition) is 4. The van der Waals surface area contributed by atoms with Gasteiger partial charge < -0.3 is 36.1 Å². The molecule has 392 valence electrons. The van der Waals surface area contributed by atoms with Crippen molar-refractivity contribution in [2.24, 2.45) is 41.2 Å². The van der Waals surface area contributed by atoms with Crippen LogP contribution >= 0.6 is 0 Å². The molecule has 1 aliphatic heterocycles. The van der Waals surface area contributed by atoms with E-state index in [2.05, 4.69) is 34.7 Å². The van der Waals surface area contributed by atoms with Crippen LogP contribution in [0.25, 0.3) is 0 Å². The third kappa shape index (κ3) is 17.9. The Bertz CT molecular complexity index is 1950. The molecule has 70 heavy (non-hydrogen) atoms. The molecule has 0 saturated carbocycles. The summed E-state index contributed by atoms with van der Waals surface area (Å²) in [5.41, 5.74) is 8.82. The molecular weight excluding hydrogens is 887 g/mol. The maximum Gasteiger partial charge on any atom is 0.312 e. The molecule has 1 heterocycles. The summed E-state index contributed by atoms with van der Waals surface area (Å²) < 4.78 is 12.1. The lowest BCUT2D eigenvalue weighted by molar-refractivity contribution is -0.146. The summed E-state index contributed by atoms with van der Waals surface area (Å²) in [4.78, 5) is 85.3. The summed E-state index contributed by atoms with van der Waals surface area (Å²) in [6, 6.07) is 14.4. The minimum absolute atomic E-state index is 0.00662. The van der Waals surface area contributed by atoms with Crippen molar-refractivity contribution in [1.29, 1.82) is 0 Å². The first kappa shape index (κ1) is 59.6. The fourth-order valence-corrected chi connectivity index (χ4v) is 10.4. The number of likely N-dealkylation sites (N-methyl/N-ethyl adjacent to an activating group) is 2. The molecule has 0 spiro atoms. The van der Waals surface area contributed by atoms with Crippen LogP contribution in [0.2, 0.25) is 0 Å². The highest BCUT2D eigenvalue weighted by Gasteiger charge is 2.41. The van der Waals surface area contributed by atoms with Crippen molar-refractivity contribution in [3.05, 3.63) is 59.7 Å². The first-order valence-corrected chi connectivity index (χ1v) is 25.8. The minimum Gasteiger partial charge on any atom is -0.379 e. The van der Waals surface area contributed by atoms with Gasteiger partial charge in [-0.25, -0.2) is 4.79 Å². The Hall–Kier alpha value is -4.70. The first-order chi connectivity index (χ1) is 33.2. The number of aryl methyl sites for hydroxylation is 2. The van der Waals surface area contributed by atoms with Crippen LogP contribution in [0.3, 0.4) is 0 Å². The summed E-state index contributed by atoms with van der Waals surface area (Å²) in [6.07, 6.45) is 5.32. The Morgan fingerprint density at radius 1 is 0.771 bits per heavy atom. The summed E-state index contributed by atoms with van der Waals surface area (Å²) >= 11 is 0. The number of nitrogens with two attached hydrogens (primary N) is 1. The van der Waals surface area contributed by atoms with E-state index in [4.69, 9.17) is 15.2 Å². The second kappa shape index (κ2) is 29.6. The molecule has 1 aliphatic rings. The van der Waals surface area contributed by atoms with Crippen LogP contribution in [0.15, 0.2) is 48.5 Å². The van der Waals surface area contributed by atoms with Crippen LogP contribution in [0.4, 0.5) is 16.2 Å². The Morgan fingerprint density at radius 3 is 1.81 bits per heavy atom. The lowest BCUT2D eigenvalue weighted by Gasteiger charge is -2.40. The monoisotopic (exact) mass is 976 g/mol. The molecule has 2 aromatic rings. The molecule has 15 heteroatoms. The molecule has 9 atom stereocenters. The van der Waals surface area contributed by atoms with Gasteiger partial charge in [-0.05, 0) is 119 Å². The fourth-order valence-electron chi connectivity index (χ4n) is 10.4. The van der Waals surface area contributed by atoms with Gasteiger partial charge in [-0.15, -0.1) is 0 Å². The first-order valence-electron chi connectivity index (χ1n) is 25.8. The van der Waals surface area contributed by atoms with Crippen molar-refractivity contribution in [2.75, 3.05) is 65.6 Å². The molecule has 1 fully saturated rings. The van der Waals surface area contributed by atoms with Crippen LogP contribution in [-0.4, -0.2) is 135 Å². The number of ketones is 2. The number of methoxy groups -OCH3 is 2. The van der Waals surface area contributed by atoms with Gasteiger partial charge in [-0.1, -0.05) is 86.1 Å². The molecule has 1 saturated heterocycles. The van der Waals surface area contributed by atoms with Gasteiger partial charge in [-0.3, -0.25) is 33.8 Å². The number of Topliss-reactive ketones (excluding diaryl/α,β-unsaturated/α-hetero) is 2. The maximum atomic E-state index is 14.3. The van der Waals surface area contributed by atoms with Gasteiger partial charge in [0.05, 0.1) is 36.8 Å². The molecule has 2 aromatic carbocycles. The van der Waals surface area contributed by atoms with E-state index in [0.717, 1.165) is 48.9 Å². The van der Waals surface area contributed by atoms with E-state index >= 15 is 0 Å². The van der Waals surface area contributed by atoms with Crippen molar-refractivity contribution in [3.8, 4) is 0 Å². The quantitative estimate of drug-likeness (QED) is 0.0547. The maximum absolute atomic E-state index is 14.3. The molecule has 0 bridgehead atoms. The number of nitrogens with one attached hydrogen (secondary N) is 3. The number of nitrogens with zero attached hydrogens (tertiary/aromatic N) is 3. The van der Waals surface area contributed by atoms with Gasteiger partial charge in [0.25, 0.3) is 0 Å². The summed E-state index contributed by atoms with van der Waals surface area (Å²) in [7, 11) is 8.81. The lowest BCUT2D eigenvalue weighted by Crippen LogP contribution is -2.53. The predicted octanol–water partition coefficient (Wildman–Crippen LogP) is 7.60. The SMILES string of the molecule is CC[C@@H](CCCNC(N)=O)C(=O)Nc1ccc(CCc2ccc(NC(=O)[C@H](C)[C@@H](OC)[C@@H]3CCCN3CC(=O)C[C@@H](OC)[C@H]([C@@H](C)CC)N(C)C(=O)[C@H](CC(=O)C(C(C)C)N(C)C)C(C)C)cc2)cc1. The zero-order valence-corrected chi connectivity index (χ0v) is 44.8. The number of carbonyl (C=O) groups is 6. The van der Waals surface area contributed by atoms with E-state index in [-0.39, 0.29) is 90.5 Å². The van der Waals surface area contributed by atoms with E-state index in [1.54, 1.807) is 26.2 Å². The second-order valence-corrected chi connectivity index (χ2v) is 20.6. The van der Waals surface area contributed by atoms with Crippen LogP contribution in [0.5, 0.6) is 0 Å². The number of carbonyl (C=O) groups excluding carboxylic acids is 6. The number of urea groups is 1. The van der Waals surface area contributed by atoms with Gasteiger partial charge in [0, 0.05) is 69.9 Å². The molecule has 15 nitrogen and oxygen atoms in total. The van der Waals surface area contributed by atoms with E-state index in [9.17, 15) is 28.8 Å². The molecular formula is C55H89N7O8. The van der Waals surface area contributed by atoms with E-state index in [1.807, 2.05) is 109 Å². The predicted molar refractivity (Wildman–Crippen MR) is 279 cm³/mol. The van der Waals surface area contributed by atoms with Gasteiger partial charge in [0.1, 0.15) is 5.78 Å². The molecule has 1 unspecified atom stereocenters. The Morgan fingerprint density at radius 2 is 1.34 bits per heavy atom. The highest BCUT2D eigenvalue weighted by molar-refractivity contribution is 5.93. The number of rotatable bonds is 31. The Labute approximate surface area is 420 Å². The van der Waals surface area contributed by atoms with E-state index < -0.39 is 30.1 Å². The van der Waals surface area contributed by atoms with Crippen molar-refractivity contribution < 1.29 is 38.2 Å². The van der Waals surface area contributed by atoms with Gasteiger partial charge in [0.2, 0.25) is 17.7 Å². The minimum atomic E-state index is -0.563. The van der Waals surface area contributed by atoms with Gasteiger partial charge >= 0.3 is 6.03 Å². The van der Waals surface area contributed by atoms with Crippen molar-refractivity contribution >= 4 is 46.7 Å². The van der Waals surface area contributed by atoms with Crippen LogP contribution < -0.4 is 21.7 Å². The normalized spacial score (nSPS) is 17.6. The highest BCUT2D eigenvalue weighted by atomic mass is 16.5. The second-order valence-electron chi connectivity index (χ2n) is 20.6. The number of benzene rings is 2. The van der Waals surface area contributed by atoms with Crippen LogP contribution in [0, 0.1) is 35.5 Å². The van der Waals surface area contributed by atoms with Crippen molar-refractivity contribution in [3.63, 3.8) is 0 Å². The Balaban J connectivity index is 1.59. The molecule has 3 rings (SSSR count). The summed E-state index contributed by atoms with van der Waals surface area (Å²) in [5, 5.41) is 8.66. The van der Waals surface area contributed by atoms with Gasteiger partial charge in [-0.2, -0.15) is 0 Å². The largest absolute Gasteiger partial charge is 0.379 e. The third-order valence-corrected chi connectivity index (χ3v) is 14.6. The average Bonchev–Trinajstić information content (AvgIpc) is 3.76. The number of amides is 5. The lowest BCUT2D eigenvalue weighted by atomic mass is 9.83. The molecule has 0 aromatic heterocycles. The van der Waals surface area contributed by atoms with E-state index in [1.165, 1.54) is 0 Å². The van der Waals surface area contributed by atoms with Crippen LogP contribution in [0.1, 0.15) is 118 Å². The Kier molecular flexibility index (Phi) is 25.2. The summed E-state index contributed by atoms with van der Waals surface area (Å²) in [5.74, 6) is -1.36. The number of ether oxygens (including phenoxy) is 2. The van der Waals surface area contributed by atoms with Crippen molar-refractivity contribution in [2.45, 2.75) is 150 Å². The topological polar surface area (TPSA) is 193 Å². The van der Waals surface area contributed by atoms with Gasteiger partial charge in [0.15, 0.2) is 5.78 Å².